The van der Waals surface area contributed by atoms with Crippen molar-refractivity contribution < 1.29 is 4.79 Å². The van der Waals surface area contributed by atoms with Gasteiger partial charge in [-0.1, -0.05) is 66.4 Å². The summed E-state index contributed by atoms with van der Waals surface area (Å²) in [4.78, 5) is 19.5. The van der Waals surface area contributed by atoms with Gasteiger partial charge in [-0.3, -0.25) is 9.78 Å². The molecule has 0 saturated carbocycles. The monoisotopic (exact) mass is 471 g/mol. The zero-order valence-electron chi connectivity index (χ0n) is 19.8. The summed E-state index contributed by atoms with van der Waals surface area (Å²) in [5.41, 5.74) is 5.54. The van der Waals surface area contributed by atoms with Crippen LogP contribution in [-0.2, 0) is 24.4 Å². The van der Waals surface area contributed by atoms with Gasteiger partial charge in [0.1, 0.15) is 0 Å². The fourth-order valence-corrected chi connectivity index (χ4v) is 4.76. The lowest BCUT2D eigenvalue weighted by atomic mass is 10.1. The second-order valence-corrected chi connectivity index (χ2v) is 9.13. The number of rotatable bonds is 9. The Labute approximate surface area is 205 Å². The number of hydrogen-bond acceptors (Lipinski definition) is 5. The number of amides is 1. The molecule has 34 heavy (non-hydrogen) atoms. The summed E-state index contributed by atoms with van der Waals surface area (Å²) in [5, 5.41) is 9.62. The third kappa shape index (κ3) is 5.54. The first-order valence-electron chi connectivity index (χ1n) is 11.4. The van der Waals surface area contributed by atoms with Crippen LogP contribution in [0, 0.1) is 13.8 Å². The second kappa shape index (κ2) is 11.1. The van der Waals surface area contributed by atoms with Crippen molar-refractivity contribution in [3.05, 3.63) is 95.3 Å². The summed E-state index contributed by atoms with van der Waals surface area (Å²) in [7, 11) is 0. The van der Waals surface area contributed by atoms with E-state index in [0.29, 0.717) is 13.1 Å². The zero-order valence-corrected chi connectivity index (χ0v) is 20.6. The van der Waals surface area contributed by atoms with Crippen molar-refractivity contribution in [2.24, 2.45) is 0 Å². The number of benzene rings is 2. The zero-order chi connectivity index (χ0) is 23.9. The first-order valence-corrected chi connectivity index (χ1v) is 12.4. The maximum absolute atomic E-state index is 13.4. The summed E-state index contributed by atoms with van der Waals surface area (Å²) < 4.78 is 2.08. The largest absolute Gasteiger partial charge is 0.333 e. The van der Waals surface area contributed by atoms with Crippen molar-refractivity contribution in [1.82, 2.24) is 24.6 Å². The van der Waals surface area contributed by atoms with E-state index in [1.54, 1.807) is 6.20 Å². The molecule has 0 aliphatic carbocycles. The predicted octanol–water partition coefficient (Wildman–Crippen LogP) is 5.30. The minimum Gasteiger partial charge on any atom is -0.333 e. The minimum absolute atomic E-state index is 0.0557. The predicted molar refractivity (Wildman–Crippen MR) is 136 cm³/mol. The molecular formula is C27H29N5OS. The SMILES string of the molecule is CCn1c(SCC(=O)N(Cc2cccnc2)Cc2ccccc2C)nnc1-c1ccccc1C. The van der Waals surface area contributed by atoms with Gasteiger partial charge in [0.2, 0.25) is 5.91 Å². The first kappa shape index (κ1) is 23.7. The van der Waals surface area contributed by atoms with Crippen LogP contribution in [0.4, 0.5) is 0 Å². The summed E-state index contributed by atoms with van der Waals surface area (Å²) in [6.45, 7) is 8.02. The van der Waals surface area contributed by atoms with Crippen LogP contribution in [0.15, 0.2) is 78.2 Å². The van der Waals surface area contributed by atoms with E-state index in [1.165, 1.54) is 17.3 Å². The molecule has 0 fully saturated rings. The number of aromatic nitrogens is 4. The van der Waals surface area contributed by atoms with E-state index >= 15 is 0 Å². The average molecular weight is 472 g/mol. The van der Waals surface area contributed by atoms with Crippen molar-refractivity contribution in [2.75, 3.05) is 5.75 Å². The molecule has 7 heteroatoms. The summed E-state index contributed by atoms with van der Waals surface area (Å²) in [6.07, 6.45) is 3.56. The number of thioether (sulfide) groups is 1. The number of nitrogens with zero attached hydrogens (tertiary/aromatic N) is 5. The van der Waals surface area contributed by atoms with Crippen LogP contribution in [0.2, 0.25) is 0 Å². The Hall–Kier alpha value is -3.45. The fraction of sp³-hybridized carbons (Fsp3) is 0.259. The van der Waals surface area contributed by atoms with Crippen LogP contribution in [0.25, 0.3) is 11.4 Å². The molecule has 4 rings (SSSR count). The molecule has 4 aromatic rings. The number of carbonyl (C=O) groups is 1. The molecular weight excluding hydrogens is 442 g/mol. The molecule has 2 aromatic heterocycles. The van der Waals surface area contributed by atoms with Crippen LogP contribution >= 0.6 is 11.8 Å². The molecule has 2 heterocycles. The maximum atomic E-state index is 13.4. The van der Waals surface area contributed by atoms with Crippen molar-refractivity contribution in [3.63, 3.8) is 0 Å². The summed E-state index contributed by atoms with van der Waals surface area (Å²) in [6, 6.07) is 20.2. The lowest BCUT2D eigenvalue weighted by Crippen LogP contribution is -2.32. The highest BCUT2D eigenvalue weighted by Gasteiger charge is 2.19. The van der Waals surface area contributed by atoms with Crippen LogP contribution in [0.5, 0.6) is 0 Å². The van der Waals surface area contributed by atoms with E-state index < -0.39 is 0 Å². The molecule has 0 atom stereocenters. The highest BCUT2D eigenvalue weighted by atomic mass is 32.2. The highest BCUT2D eigenvalue weighted by molar-refractivity contribution is 7.99. The molecule has 1 amide bonds. The van der Waals surface area contributed by atoms with Gasteiger partial charge in [-0.2, -0.15) is 0 Å². The molecule has 0 bridgehead atoms. The third-order valence-electron chi connectivity index (χ3n) is 5.82. The van der Waals surface area contributed by atoms with Gasteiger partial charge in [-0.05, 0) is 49.1 Å². The van der Waals surface area contributed by atoms with Gasteiger partial charge in [0.15, 0.2) is 11.0 Å². The van der Waals surface area contributed by atoms with Gasteiger partial charge < -0.3 is 9.47 Å². The Morgan fingerprint density at radius 1 is 0.941 bits per heavy atom. The van der Waals surface area contributed by atoms with Gasteiger partial charge >= 0.3 is 0 Å². The Bertz CT molecular complexity index is 1250. The van der Waals surface area contributed by atoms with E-state index in [2.05, 4.69) is 64.8 Å². The molecule has 2 aromatic carbocycles. The molecule has 0 saturated heterocycles. The Morgan fingerprint density at radius 3 is 2.41 bits per heavy atom. The summed E-state index contributed by atoms with van der Waals surface area (Å²) in [5.74, 6) is 1.18. The molecule has 0 aliphatic rings. The van der Waals surface area contributed by atoms with Crippen molar-refractivity contribution >= 4 is 17.7 Å². The van der Waals surface area contributed by atoms with E-state index in [-0.39, 0.29) is 11.7 Å². The van der Waals surface area contributed by atoms with E-state index in [9.17, 15) is 4.79 Å². The first-order chi connectivity index (χ1) is 16.6. The van der Waals surface area contributed by atoms with Crippen LogP contribution in [0.3, 0.4) is 0 Å². The Balaban J connectivity index is 1.52. The van der Waals surface area contributed by atoms with Gasteiger partial charge in [-0.25, -0.2) is 0 Å². The van der Waals surface area contributed by atoms with E-state index in [4.69, 9.17) is 0 Å². The van der Waals surface area contributed by atoms with E-state index in [0.717, 1.165) is 39.8 Å². The lowest BCUT2D eigenvalue weighted by Gasteiger charge is -2.23. The third-order valence-corrected chi connectivity index (χ3v) is 6.77. The molecule has 6 nitrogen and oxygen atoms in total. The van der Waals surface area contributed by atoms with Gasteiger partial charge in [-0.15, -0.1) is 10.2 Å². The molecule has 0 unspecified atom stereocenters. The van der Waals surface area contributed by atoms with Crippen LogP contribution in [0.1, 0.15) is 29.2 Å². The smallest absolute Gasteiger partial charge is 0.233 e. The lowest BCUT2D eigenvalue weighted by molar-refractivity contribution is -0.129. The molecule has 0 aliphatic heterocycles. The van der Waals surface area contributed by atoms with Crippen molar-refractivity contribution in [3.8, 4) is 11.4 Å². The number of hydrogen-bond donors (Lipinski definition) is 0. The van der Waals surface area contributed by atoms with Crippen molar-refractivity contribution in [1.29, 1.82) is 0 Å². The minimum atomic E-state index is 0.0557. The normalized spacial score (nSPS) is 10.9. The van der Waals surface area contributed by atoms with E-state index in [1.807, 2.05) is 47.5 Å². The standard InChI is InChI=1S/C27H29N5OS/c1-4-32-26(24-14-8-6-11-21(24)3)29-30-27(32)34-19-25(33)31(17-22-12-9-15-28-16-22)18-23-13-7-5-10-20(23)2/h5-16H,4,17-19H2,1-3H3. The Morgan fingerprint density at radius 2 is 1.71 bits per heavy atom. The van der Waals surface area contributed by atoms with Crippen LogP contribution < -0.4 is 0 Å². The van der Waals surface area contributed by atoms with Gasteiger partial charge in [0.05, 0.1) is 5.75 Å². The topological polar surface area (TPSA) is 63.9 Å². The Kier molecular flexibility index (Phi) is 7.75. The molecule has 0 spiro atoms. The summed E-state index contributed by atoms with van der Waals surface area (Å²) >= 11 is 1.44. The number of aryl methyl sites for hydroxylation is 2. The molecule has 0 radical (unpaired) electrons. The fourth-order valence-electron chi connectivity index (χ4n) is 3.86. The highest BCUT2D eigenvalue weighted by Crippen LogP contribution is 2.26. The number of carbonyl (C=O) groups excluding carboxylic acids is 1. The van der Waals surface area contributed by atoms with Crippen LogP contribution in [-0.4, -0.2) is 36.3 Å². The van der Waals surface area contributed by atoms with Crippen molar-refractivity contribution in [2.45, 2.75) is 45.6 Å². The molecule has 174 valence electrons. The molecule has 0 N–H and O–H groups in total. The quantitative estimate of drug-likeness (QED) is 0.310. The maximum Gasteiger partial charge on any atom is 0.233 e. The van der Waals surface area contributed by atoms with Gasteiger partial charge in [0, 0.05) is 37.6 Å². The second-order valence-electron chi connectivity index (χ2n) is 8.19. The average Bonchev–Trinajstić information content (AvgIpc) is 3.27. The van der Waals surface area contributed by atoms with Gasteiger partial charge in [0.25, 0.3) is 0 Å². The number of pyridine rings is 1.